The highest BCUT2D eigenvalue weighted by Gasteiger charge is 2.20. The van der Waals surface area contributed by atoms with Crippen molar-refractivity contribution in [3.8, 4) is 17.0 Å². The van der Waals surface area contributed by atoms with Crippen LogP contribution >= 0.6 is 0 Å². The van der Waals surface area contributed by atoms with Crippen LogP contribution in [0.15, 0.2) is 42.6 Å². The van der Waals surface area contributed by atoms with Crippen molar-refractivity contribution in [1.29, 1.82) is 0 Å². The minimum Gasteiger partial charge on any atom is -0.505 e. The fourth-order valence-corrected chi connectivity index (χ4v) is 4.09. The van der Waals surface area contributed by atoms with E-state index in [-0.39, 0.29) is 5.75 Å². The molecule has 0 spiro atoms. The molecule has 5 rings (SSSR count). The Hall–Kier alpha value is -2.88. The second kappa shape index (κ2) is 5.31. The number of halogens is 1. The van der Waals surface area contributed by atoms with E-state index in [1.165, 1.54) is 40.5 Å². The van der Waals surface area contributed by atoms with Crippen molar-refractivity contribution in [1.82, 2.24) is 9.97 Å². The Morgan fingerprint density at radius 3 is 2.68 bits per heavy atom. The van der Waals surface area contributed by atoms with E-state index in [1.807, 2.05) is 12.3 Å². The lowest BCUT2D eigenvalue weighted by atomic mass is 9.85. The number of aromatic amines is 1. The molecule has 25 heavy (non-hydrogen) atoms. The van der Waals surface area contributed by atoms with Gasteiger partial charge < -0.3 is 10.1 Å². The van der Waals surface area contributed by atoms with Crippen LogP contribution in [-0.4, -0.2) is 15.1 Å². The number of benzene rings is 2. The van der Waals surface area contributed by atoms with Crippen molar-refractivity contribution in [2.45, 2.75) is 25.7 Å². The third kappa shape index (κ3) is 2.14. The number of H-pyrrole nitrogens is 1. The van der Waals surface area contributed by atoms with Crippen LogP contribution < -0.4 is 0 Å². The molecule has 0 fully saturated rings. The minimum atomic E-state index is -0.591. The second-order valence-corrected chi connectivity index (χ2v) is 6.70. The lowest BCUT2D eigenvalue weighted by molar-refractivity contribution is 0.432. The zero-order valence-corrected chi connectivity index (χ0v) is 13.6. The van der Waals surface area contributed by atoms with Gasteiger partial charge in [-0.2, -0.15) is 0 Å². The molecular weight excluding hydrogens is 315 g/mol. The Kier molecular flexibility index (Phi) is 3.07. The Morgan fingerprint density at radius 1 is 1.00 bits per heavy atom. The van der Waals surface area contributed by atoms with E-state index in [1.54, 1.807) is 6.07 Å². The maximum absolute atomic E-state index is 13.9. The highest BCUT2D eigenvalue weighted by Crippen LogP contribution is 2.38. The Labute approximate surface area is 144 Å². The molecule has 1 aliphatic rings. The predicted octanol–water partition coefficient (Wildman–Crippen LogP) is 5.11. The normalized spacial score (nSPS) is 14.1. The Morgan fingerprint density at radius 2 is 1.84 bits per heavy atom. The van der Waals surface area contributed by atoms with Gasteiger partial charge in [0.25, 0.3) is 0 Å². The molecule has 0 saturated heterocycles. The van der Waals surface area contributed by atoms with Gasteiger partial charge in [-0.3, -0.25) is 4.98 Å². The first-order valence-corrected chi connectivity index (χ1v) is 8.62. The van der Waals surface area contributed by atoms with Crippen LogP contribution in [0.25, 0.3) is 33.1 Å². The van der Waals surface area contributed by atoms with Crippen LogP contribution in [0.3, 0.4) is 0 Å². The van der Waals surface area contributed by atoms with Crippen LogP contribution in [-0.2, 0) is 12.8 Å². The monoisotopic (exact) mass is 332 g/mol. The molecule has 4 heteroatoms. The molecule has 3 nitrogen and oxygen atoms in total. The molecular formula is C21H17FN2O. The summed E-state index contributed by atoms with van der Waals surface area (Å²) in [6.45, 7) is 0. The first kappa shape index (κ1) is 14.5. The van der Waals surface area contributed by atoms with Crippen molar-refractivity contribution in [2.75, 3.05) is 0 Å². The zero-order chi connectivity index (χ0) is 17.0. The summed E-state index contributed by atoms with van der Waals surface area (Å²) in [6, 6.07) is 10.7. The number of nitrogens with one attached hydrogen (secondary N) is 1. The average Bonchev–Trinajstić information content (AvgIpc) is 3.12. The molecule has 1 aliphatic carbocycles. The summed E-state index contributed by atoms with van der Waals surface area (Å²) in [7, 11) is 0. The van der Waals surface area contributed by atoms with Crippen LogP contribution in [0.1, 0.15) is 24.0 Å². The number of aromatic nitrogens is 2. The third-order valence-corrected chi connectivity index (χ3v) is 5.24. The molecule has 0 aliphatic heterocycles. The van der Waals surface area contributed by atoms with Crippen molar-refractivity contribution in [3.05, 3.63) is 59.5 Å². The predicted molar refractivity (Wildman–Crippen MR) is 97.3 cm³/mol. The average molecular weight is 332 g/mol. The highest BCUT2D eigenvalue weighted by atomic mass is 19.1. The van der Waals surface area contributed by atoms with Gasteiger partial charge in [0, 0.05) is 33.7 Å². The van der Waals surface area contributed by atoms with E-state index in [0.29, 0.717) is 0 Å². The van der Waals surface area contributed by atoms with Gasteiger partial charge in [-0.05, 0) is 73.2 Å². The van der Waals surface area contributed by atoms with Crippen molar-refractivity contribution in [3.63, 3.8) is 0 Å². The zero-order valence-electron chi connectivity index (χ0n) is 13.6. The van der Waals surface area contributed by atoms with Gasteiger partial charge in [0.1, 0.15) is 0 Å². The van der Waals surface area contributed by atoms with E-state index >= 15 is 0 Å². The fourth-order valence-electron chi connectivity index (χ4n) is 4.09. The number of fused-ring (bicyclic) bond motifs is 5. The SMILES string of the molecule is Oc1ccc(-c2[nH]c3ccc4nccc4c3c3c2CCCC3)cc1F. The number of phenols is 1. The van der Waals surface area contributed by atoms with Crippen LogP contribution in [0.5, 0.6) is 5.75 Å². The summed E-state index contributed by atoms with van der Waals surface area (Å²) in [5.74, 6) is -0.908. The van der Waals surface area contributed by atoms with Crippen molar-refractivity contribution < 1.29 is 9.50 Å². The smallest absolute Gasteiger partial charge is 0.165 e. The molecule has 2 aromatic heterocycles. The van der Waals surface area contributed by atoms with E-state index < -0.39 is 5.82 Å². The molecule has 0 amide bonds. The van der Waals surface area contributed by atoms with Gasteiger partial charge in [-0.25, -0.2) is 4.39 Å². The quantitative estimate of drug-likeness (QED) is 0.509. The maximum Gasteiger partial charge on any atom is 0.165 e. The largest absolute Gasteiger partial charge is 0.505 e. The number of nitrogens with zero attached hydrogens (tertiary/aromatic N) is 1. The van der Waals surface area contributed by atoms with E-state index in [9.17, 15) is 9.50 Å². The first-order valence-electron chi connectivity index (χ1n) is 8.62. The molecule has 0 radical (unpaired) electrons. The molecule has 0 saturated carbocycles. The number of hydrogen-bond donors (Lipinski definition) is 2. The van der Waals surface area contributed by atoms with Crippen molar-refractivity contribution in [2.24, 2.45) is 0 Å². The summed E-state index contributed by atoms with van der Waals surface area (Å²) < 4.78 is 13.9. The second-order valence-electron chi connectivity index (χ2n) is 6.70. The van der Waals surface area contributed by atoms with Crippen LogP contribution in [0.2, 0.25) is 0 Å². The summed E-state index contributed by atoms with van der Waals surface area (Å²) in [4.78, 5) is 7.95. The lowest BCUT2D eigenvalue weighted by Crippen LogP contribution is -2.08. The van der Waals surface area contributed by atoms with Crippen molar-refractivity contribution >= 4 is 21.8 Å². The Bertz CT molecular complexity index is 1130. The number of aromatic hydroxyl groups is 1. The topological polar surface area (TPSA) is 48.9 Å². The molecule has 0 atom stereocenters. The first-order chi connectivity index (χ1) is 12.2. The molecule has 2 N–H and O–H groups in total. The van der Waals surface area contributed by atoms with Crippen LogP contribution in [0, 0.1) is 5.82 Å². The maximum atomic E-state index is 13.9. The summed E-state index contributed by atoms with van der Waals surface area (Å²) in [5.41, 5.74) is 6.40. The molecule has 124 valence electrons. The third-order valence-electron chi connectivity index (χ3n) is 5.24. The molecule has 2 aromatic carbocycles. The number of aryl methyl sites for hydroxylation is 1. The molecule has 2 heterocycles. The van der Waals surface area contributed by atoms with E-state index in [0.717, 1.165) is 41.6 Å². The van der Waals surface area contributed by atoms with Gasteiger partial charge in [-0.15, -0.1) is 0 Å². The molecule has 0 unspecified atom stereocenters. The molecule has 4 aromatic rings. The summed E-state index contributed by atoms with van der Waals surface area (Å²) >= 11 is 0. The number of rotatable bonds is 1. The molecule has 0 bridgehead atoms. The van der Waals surface area contributed by atoms with E-state index in [4.69, 9.17) is 0 Å². The number of pyridine rings is 1. The Balaban J connectivity index is 1.88. The van der Waals surface area contributed by atoms with E-state index in [2.05, 4.69) is 22.1 Å². The van der Waals surface area contributed by atoms with Gasteiger partial charge in [0.15, 0.2) is 11.6 Å². The van der Waals surface area contributed by atoms with Gasteiger partial charge >= 0.3 is 0 Å². The highest BCUT2D eigenvalue weighted by molar-refractivity contribution is 6.08. The number of hydrogen-bond acceptors (Lipinski definition) is 2. The summed E-state index contributed by atoms with van der Waals surface area (Å²) in [5, 5.41) is 11.9. The fraction of sp³-hybridized carbons (Fsp3) is 0.190. The number of phenolic OH excluding ortho intramolecular Hbond substituents is 1. The van der Waals surface area contributed by atoms with Gasteiger partial charge in [0.05, 0.1) is 5.52 Å². The van der Waals surface area contributed by atoms with Gasteiger partial charge in [-0.1, -0.05) is 0 Å². The van der Waals surface area contributed by atoms with Gasteiger partial charge in [0.2, 0.25) is 0 Å². The standard InChI is InChI=1S/C21H17FN2O/c22-16-11-12(5-8-19(16)25)21-14-4-2-1-3-13(14)20-15-9-10-23-17(15)6-7-18(20)24-21/h5-11,24-25H,1-4H2. The minimum absolute atomic E-state index is 0.317. The summed E-state index contributed by atoms with van der Waals surface area (Å²) in [6.07, 6.45) is 6.15. The van der Waals surface area contributed by atoms with Crippen LogP contribution in [0.4, 0.5) is 4.39 Å². The lowest BCUT2D eigenvalue weighted by Gasteiger charge is -2.23.